The third-order valence-electron chi connectivity index (χ3n) is 4.56. The summed E-state index contributed by atoms with van der Waals surface area (Å²) in [7, 11) is 0. The number of rotatable bonds is 4. The molecule has 0 aromatic carbocycles. The van der Waals surface area contributed by atoms with Gasteiger partial charge in [0, 0.05) is 30.4 Å². The van der Waals surface area contributed by atoms with Crippen molar-refractivity contribution >= 4 is 11.3 Å². The van der Waals surface area contributed by atoms with Gasteiger partial charge in [0.15, 0.2) is 0 Å². The summed E-state index contributed by atoms with van der Waals surface area (Å²) in [6, 6.07) is 8.03. The average Bonchev–Trinajstić information content (AvgIpc) is 3.27. The van der Waals surface area contributed by atoms with E-state index in [1.54, 1.807) is 23.1 Å². The van der Waals surface area contributed by atoms with E-state index in [4.69, 9.17) is 4.74 Å². The Bertz CT molecular complexity index is 974. The van der Waals surface area contributed by atoms with E-state index in [1.165, 1.54) is 0 Å². The second-order valence-electron chi connectivity index (χ2n) is 6.28. The van der Waals surface area contributed by atoms with E-state index >= 15 is 0 Å². The van der Waals surface area contributed by atoms with Gasteiger partial charge in [-0.15, -0.1) is 0 Å². The Balaban J connectivity index is 1.77. The van der Waals surface area contributed by atoms with Crippen molar-refractivity contribution < 1.29 is 9.84 Å². The van der Waals surface area contributed by atoms with Gasteiger partial charge >= 0.3 is 0 Å². The third-order valence-corrected chi connectivity index (χ3v) is 4.56. The number of hydrogen-bond acceptors (Lipinski definition) is 6. The van der Waals surface area contributed by atoms with Crippen LogP contribution in [0.1, 0.15) is 18.9 Å². The minimum atomic E-state index is -0.288. The Hall–Kier alpha value is -3.11. The molecule has 1 atom stereocenters. The SMILES string of the molecule is CCOc1cc(-c2ccc(N3CC[C@@H](O)C3)nc2)c2c(C#N)cnn2c1. The van der Waals surface area contributed by atoms with Gasteiger partial charge in [-0.05, 0) is 31.5 Å². The number of fused-ring (bicyclic) bond motifs is 1. The lowest BCUT2D eigenvalue weighted by molar-refractivity contribution is 0.198. The van der Waals surface area contributed by atoms with Crippen molar-refractivity contribution in [1.29, 1.82) is 5.26 Å². The summed E-state index contributed by atoms with van der Waals surface area (Å²) in [5.41, 5.74) is 2.99. The first-order valence-electron chi connectivity index (χ1n) is 8.63. The Morgan fingerprint density at radius 3 is 2.92 bits per heavy atom. The van der Waals surface area contributed by atoms with Crippen molar-refractivity contribution in [2.45, 2.75) is 19.4 Å². The standard InChI is InChI=1S/C19H19N5O2/c1-2-26-16-7-17(19-14(8-20)10-22-24(19)12-16)13-3-4-18(21-9-13)23-6-5-15(25)11-23/h3-4,7,9-10,12,15,25H,2,5-6,11H2,1H3/t15-/m1/s1. The molecule has 7 heteroatoms. The largest absolute Gasteiger partial charge is 0.492 e. The van der Waals surface area contributed by atoms with Gasteiger partial charge in [0.25, 0.3) is 0 Å². The number of aliphatic hydroxyl groups excluding tert-OH is 1. The highest BCUT2D eigenvalue weighted by molar-refractivity contribution is 5.85. The van der Waals surface area contributed by atoms with Crippen LogP contribution in [0.4, 0.5) is 5.82 Å². The lowest BCUT2D eigenvalue weighted by Crippen LogP contribution is -2.21. The number of β-amino-alcohol motifs (C(OH)–C–C–N with tert-alkyl or cyclic N) is 1. The molecule has 3 aromatic heterocycles. The van der Waals surface area contributed by atoms with Crippen LogP contribution in [0.2, 0.25) is 0 Å². The van der Waals surface area contributed by atoms with Gasteiger partial charge in [0.05, 0.1) is 36.2 Å². The van der Waals surface area contributed by atoms with Crippen LogP contribution < -0.4 is 9.64 Å². The summed E-state index contributed by atoms with van der Waals surface area (Å²) in [6.07, 6.45) is 5.60. The molecule has 1 N–H and O–H groups in total. The highest BCUT2D eigenvalue weighted by Crippen LogP contribution is 2.31. The zero-order chi connectivity index (χ0) is 18.1. The van der Waals surface area contributed by atoms with E-state index in [1.807, 2.05) is 25.1 Å². The molecule has 1 aliphatic rings. The molecular weight excluding hydrogens is 330 g/mol. The summed E-state index contributed by atoms with van der Waals surface area (Å²) in [6.45, 7) is 3.89. The summed E-state index contributed by atoms with van der Waals surface area (Å²) < 4.78 is 7.31. The molecule has 0 unspecified atom stereocenters. The predicted molar refractivity (Wildman–Crippen MR) is 97.1 cm³/mol. The first kappa shape index (κ1) is 16.4. The van der Waals surface area contributed by atoms with Crippen molar-refractivity contribution in [3.05, 3.63) is 42.4 Å². The lowest BCUT2D eigenvalue weighted by atomic mass is 10.1. The van der Waals surface area contributed by atoms with E-state index in [-0.39, 0.29) is 6.10 Å². The fourth-order valence-electron chi connectivity index (χ4n) is 3.33. The number of aromatic nitrogens is 3. The Labute approximate surface area is 151 Å². The average molecular weight is 349 g/mol. The van der Waals surface area contributed by atoms with Gasteiger partial charge in [0.2, 0.25) is 0 Å². The van der Waals surface area contributed by atoms with Crippen LogP contribution in [0.15, 0.2) is 36.8 Å². The van der Waals surface area contributed by atoms with Crippen molar-refractivity contribution in [2.75, 3.05) is 24.6 Å². The van der Waals surface area contributed by atoms with Crippen LogP contribution in [0, 0.1) is 11.3 Å². The maximum atomic E-state index is 9.70. The van der Waals surface area contributed by atoms with Gasteiger partial charge in [-0.3, -0.25) is 0 Å². The van der Waals surface area contributed by atoms with Crippen LogP contribution in [0.25, 0.3) is 16.6 Å². The Morgan fingerprint density at radius 1 is 1.38 bits per heavy atom. The van der Waals surface area contributed by atoms with E-state index in [0.29, 0.717) is 24.5 Å². The van der Waals surface area contributed by atoms with Gasteiger partial charge in [0.1, 0.15) is 17.6 Å². The van der Waals surface area contributed by atoms with Gasteiger partial charge in [-0.25, -0.2) is 9.50 Å². The van der Waals surface area contributed by atoms with Gasteiger partial charge < -0.3 is 14.7 Å². The molecule has 1 fully saturated rings. The second-order valence-corrected chi connectivity index (χ2v) is 6.28. The van der Waals surface area contributed by atoms with E-state index in [9.17, 15) is 10.4 Å². The minimum Gasteiger partial charge on any atom is -0.492 e. The van der Waals surface area contributed by atoms with Gasteiger partial charge in [-0.1, -0.05) is 0 Å². The minimum absolute atomic E-state index is 0.288. The molecule has 1 aliphatic heterocycles. The van der Waals surface area contributed by atoms with Crippen LogP contribution >= 0.6 is 0 Å². The molecular formula is C19H19N5O2. The highest BCUT2D eigenvalue weighted by Gasteiger charge is 2.21. The van der Waals surface area contributed by atoms with Crippen LogP contribution in [-0.2, 0) is 0 Å². The van der Waals surface area contributed by atoms with Crippen molar-refractivity contribution in [1.82, 2.24) is 14.6 Å². The zero-order valence-electron chi connectivity index (χ0n) is 14.5. The fraction of sp³-hybridized carbons (Fsp3) is 0.316. The monoisotopic (exact) mass is 349 g/mol. The first-order valence-corrected chi connectivity index (χ1v) is 8.63. The molecule has 1 saturated heterocycles. The van der Waals surface area contributed by atoms with Gasteiger partial charge in [-0.2, -0.15) is 10.4 Å². The molecule has 26 heavy (non-hydrogen) atoms. The highest BCUT2D eigenvalue weighted by atomic mass is 16.5. The maximum absolute atomic E-state index is 9.70. The summed E-state index contributed by atoms with van der Waals surface area (Å²) in [5.74, 6) is 1.53. The van der Waals surface area contributed by atoms with Crippen LogP contribution in [0.3, 0.4) is 0 Å². The number of pyridine rings is 2. The third kappa shape index (κ3) is 2.85. The summed E-state index contributed by atoms with van der Waals surface area (Å²) >= 11 is 0. The maximum Gasteiger partial charge on any atom is 0.138 e. The molecule has 132 valence electrons. The number of nitriles is 1. The van der Waals surface area contributed by atoms with Crippen molar-refractivity contribution in [2.24, 2.45) is 0 Å². The predicted octanol–water partition coefficient (Wildman–Crippen LogP) is 2.24. The van der Waals surface area contributed by atoms with E-state index in [2.05, 4.69) is 21.1 Å². The number of anilines is 1. The van der Waals surface area contributed by atoms with E-state index in [0.717, 1.165) is 35.4 Å². The number of ether oxygens (including phenoxy) is 1. The molecule has 0 aliphatic carbocycles. The summed E-state index contributed by atoms with van der Waals surface area (Å²) in [4.78, 5) is 6.62. The molecule has 0 radical (unpaired) electrons. The first-order chi connectivity index (χ1) is 12.7. The number of nitrogens with zero attached hydrogens (tertiary/aromatic N) is 5. The zero-order valence-corrected chi connectivity index (χ0v) is 14.5. The molecule has 0 amide bonds. The molecule has 0 spiro atoms. The molecule has 4 heterocycles. The normalized spacial score (nSPS) is 16.8. The Morgan fingerprint density at radius 2 is 2.27 bits per heavy atom. The molecule has 0 bridgehead atoms. The molecule has 4 rings (SSSR count). The Kier molecular flexibility index (Phi) is 4.19. The van der Waals surface area contributed by atoms with Crippen LogP contribution in [-0.4, -0.2) is 45.5 Å². The topological polar surface area (TPSA) is 86.7 Å². The van der Waals surface area contributed by atoms with Crippen molar-refractivity contribution in [3.8, 4) is 22.9 Å². The molecule has 7 nitrogen and oxygen atoms in total. The molecule has 0 saturated carbocycles. The molecule has 3 aromatic rings. The number of aliphatic hydroxyl groups is 1. The second kappa shape index (κ2) is 6.65. The lowest BCUT2D eigenvalue weighted by Gasteiger charge is -2.17. The van der Waals surface area contributed by atoms with Crippen LogP contribution in [0.5, 0.6) is 5.75 Å². The smallest absolute Gasteiger partial charge is 0.138 e. The quantitative estimate of drug-likeness (QED) is 0.777. The fourth-order valence-corrected chi connectivity index (χ4v) is 3.33. The number of hydrogen-bond donors (Lipinski definition) is 1. The van der Waals surface area contributed by atoms with E-state index < -0.39 is 0 Å². The van der Waals surface area contributed by atoms with Crippen molar-refractivity contribution in [3.63, 3.8) is 0 Å². The summed E-state index contributed by atoms with van der Waals surface area (Å²) in [5, 5.41) is 23.4.